The lowest BCUT2D eigenvalue weighted by Gasteiger charge is -2.08. The van der Waals surface area contributed by atoms with Gasteiger partial charge in [0.25, 0.3) is 0 Å². The smallest absolute Gasteiger partial charge is 0.314 e. The first-order valence-corrected chi connectivity index (χ1v) is 5.85. The van der Waals surface area contributed by atoms with E-state index in [4.69, 9.17) is 5.73 Å². The fourth-order valence-corrected chi connectivity index (χ4v) is 1.78. The van der Waals surface area contributed by atoms with Crippen molar-refractivity contribution in [2.75, 3.05) is 17.6 Å². The Bertz CT molecular complexity index is 572. The van der Waals surface area contributed by atoms with Crippen LogP contribution in [0.2, 0.25) is 0 Å². The number of nitrogen functional groups attached to an aromatic ring is 1. The van der Waals surface area contributed by atoms with Gasteiger partial charge in [-0.05, 0) is 24.3 Å². The highest BCUT2D eigenvalue weighted by Gasteiger charge is 2.16. The summed E-state index contributed by atoms with van der Waals surface area (Å²) in [4.78, 5) is 14.7. The van der Waals surface area contributed by atoms with Crippen LogP contribution in [-0.2, 0) is 6.42 Å². The van der Waals surface area contributed by atoms with E-state index in [1.165, 1.54) is 6.07 Å². The van der Waals surface area contributed by atoms with Crippen molar-refractivity contribution in [3.8, 4) is 0 Å². The van der Waals surface area contributed by atoms with Crippen LogP contribution >= 0.6 is 0 Å². The lowest BCUT2D eigenvalue weighted by Crippen LogP contribution is -2.08. The number of nitrogens with two attached hydrogens (primary N) is 1. The van der Waals surface area contributed by atoms with E-state index in [1.54, 1.807) is 18.3 Å². The quantitative estimate of drug-likeness (QED) is 0.487. The number of nitrogens with zero attached hydrogens (tertiary/aromatic N) is 2. The molecule has 19 heavy (non-hydrogen) atoms. The molecule has 3 N–H and O–H groups in total. The maximum Gasteiger partial charge on any atom is 0.314 e. The average molecular weight is 258 g/mol. The number of nitro groups is 1. The van der Waals surface area contributed by atoms with Gasteiger partial charge in [0.1, 0.15) is 11.4 Å². The molecular formula is C13H14N4O2. The second kappa shape index (κ2) is 5.81. The van der Waals surface area contributed by atoms with Crippen LogP contribution in [0.4, 0.5) is 17.1 Å². The topological polar surface area (TPSA) is 94.1 Å². The molecule has 2 aromatic rings. The van der Waals surface area contributed by atoms with E-state index in [2.05, 4.69) is 10.3 Å². The Kier molecular flexibility index (Phi) is 3.92. The van der Waals surface area contributed by atoms with Gasteiger partial charge in [0, 0.05) is 24.9 Å². The van der Waals surface area contributed by atoms with E-state index in [9.17, 15) is 10.1 Å². The minimum absolute atomic E-state index is 0.0801. The van der Waals surface area contributed by atoms with E-state index in [0.717, 1.165) is 5.69 Å². The van der Waals surface area contributed by atoms with Gasteiger partial charge in [0.15, 0.2) is 0 Å². The summed E-state index contributed by atoms with van der Waals surface area (Å²) in [5, 5.41) is 14.0. The number of para-hydroxylation sites is 1. The van der Waals surface area contributed by atoms with E-state index in [0.29, 0.717) is 18.7 Å². The molecule has 0 saturated carbocycles. The zero-order chi connectivity index (χ0) is 13.7. The molecule has 1 aromatic heterocycles. The third kappa shape index (κ3) is 3.19. The van der Waals surface area contributed by atoms with Crippen molar-refractivity contribution < 1.29 is 4.92 Å². The molecule has 0 fully saturated rings. The second-order valence-corrected chi connectivity index (χ2v) is 4.00. The lowest BCUT2D eigenvalue weighted by molar-refractivity contribution is -0.383. The van der Waals surface area contributed by atoms with Gasteiger partial charge in [0.2, 0.25) is 0 Å². The zero-order valence-electron chi connectivity index (χ0n) is 10.2. The molecule has 6 heteroatoms. The fraction of sp³-hybridized carbons (Fsp3) is 0.154. The summed E-state index contributed by atoms with van der Waals surface area (Å²) in [7, 11) is 0. The van der Waals surface area contributed by atoms with Gasteiger partial charge in [-0.15, -0.1) is 0 Å². The van der Waals surface area contributed by atoms with Gasteiger partial charge in [-0.3, -0.25) is 15.1 Å². The molecule has 1 aromatic carbocycles. The summed E-state index contributed by atoms with van der Waals surface area (Å²) >= 11 is 0. The summed E-state index contributed by atoms with van der Waals surface area (Å²) in [6, 6.07) is 10.5. The number of hydrogen-bond acceptors (Lipinski definition) is 5. The first-order valence-electron chi connectivity index (χ1n) is 5.85. The van der Waals surface area contributed by atoms with Crippen molar-refractivity contribution in [1.82, 2.24) is 4.98 Å². The SMILES string of the molecule is Nc1cccc(NCCc2ccccn2)c1[N+](=O)[O-]. The molecule has 6 nitrogen and oxygen atoms in total. The van der Waals surface area contributed by atoms with Crippen molar-refractivity contribution in [3.05, 3.63) is 58.4 Å². The third-order valence-electron chi connectivity index (χ3n) is 2.67. The molecule has 0 amide bonds. The molecular weight excluding hydrogens is 244 g/mol. The Morgan fingerprint density at radius 1 is 1.26 bits per heavy atom. The number of hydrogen-bond donors (Lipinski definition) is 2. The molecule has 0 aliphatic rings. The van der Waals surface area contributed by atoms with Crippen LogP contribution in [0, 0.1) is 10.1 Å². The van der Waals surface area contributed by atoms with Crippen molar-refractivity contribution >= 4 is 17.1 Å². The fourth-order valence-electron chi connectivity index (χ4n) is 1.78. The number of aromatic nitrogens is 1. The van der Waals surface area contributed by atoms with Gasteiger partial charge in [0.05, 0.1) is 4.92 Å². The molecule has 0 atom stereocenters. The van der Waals surface area contributed by atoms with Gasteiger partial charge in [-0.1, -0.05) is 12.1 Å². The third-order valence-corrected chi connectivity index (χ3v) is 2.67. The summed E-state index contributed by atoms with van der Waals surface area (Å²) < 4.78 is 0. The molecule has 1 heterocycles. The number of benzene rings is 1. The van der Waals surface area contributed by atoms with Crippen LogP contribution in [0.15, 0.2) is 42.6 Å². The van der Waals surface area contributed by atoms with E-state index in [-0.39, 0.29) is 11.4 Å². The number of nitrogens with one attached hydrogen (secondary N) is 1. The molecule has 0 bridgehead atoms. The maximum absolute atomic E-state index is 10.9. The Morgan fingerprint density at radius 3 is 2.79 bits per heavy atom. The maximum atomic E-state index is 10.9. The van der Waals surface area contributed by atoms with Crippen molar-refractivity contribution in [2.24, 2.45) is 0 Å². The van der Waals surface area contributed by atoms with Crippen LogP contribution in [-0.4, -0.2) is 16.5 Å². The second-order valence-electron chi connectivity index (χ2n) is 4.00. The van der Waals surface area contributed by atoms with Gasteiger partial charge < -0.3 is 11.1 Å². The molecule has 0 radical (unpaired) electrons. The van der Waals surface area contributed by atoms with Crippen molar-refractivity contribution in [2.45, 2.75) is 6.42 Å². The average Bonchev–Trinajstić information content (AvgIpc) is 2.39. The molecule has 0 aliphatic carbocycles. The molecule has 0 aliphatic heterocycles. The zero-order valence-corrected chi connectivity index (χ0v) is 10.2. The van der Waals surface area contributed by atoms with E-state index >= 15 is 0 Å². The lowest BCUT2D eigenvalue weighted by atomic mass is 10.2. The van der Waals surface area contributed by atoms with E-state index < -0.39 is 4.92 Å². The van der Waals surface area contributed by atoms with E-state index in [1.807, 2.05) is 18.2 Å². The largest absolute Gasteiger partial charge is 0.393 e. The highest BCUT2D eigenvalue weighted by molar-refractivity contribution is 5.74. The summed E-state index contributed by atoms with van der Waals surface area (Å²) in [5.74, 6) is 0. The van der Waals surface area contributed by atoms with Gasteiger partial charge >= 0.3 is 5.69 Å². The van der Waals surface area contributed by atoms with Crippen LogP contribution in [0.3, 0.4) is 0 Å². The van der Waals surface area contributed by atoms with Crippen LogP contribution in [0.25, 0.3) is 0 Å². The molecule has 98 valence electrons. The molecule has 0 saturated heterocycles. The predicted molar refractivity (Wildman–Crippen MR) is 73.9 cm³/mol. The predicted octanol–water partition coefficient (Wildman–Crippen LogP) is 2.23. The number of nitro benzene ring substituents is 1. The Balaban J connectivity index is 2.04. The van der Waals surface area contributed by atoms with Gasteiger partial charge in [-0.2, -0.15) is 0 Å². The number of rotatable bonds is 5. The molecule has 0 unspecified atom stereocenters. The number of pyridine rings is 1. The Labute approximate surface area is 110 Å². The standard InChI is InChI=1S/C13H14N4O2/c14-11-5-3-6-12(13(11)17(18)19)16-9-7-10-4-1-2-8-15-10/h1-6,8,16H,7,9,14H2. The first-order chi connectivity index (χ1) is 9.18. The van der Waals surface area contributed by atoms with Crippen LogP contribution in [0.1, 0.15) is 5.69 Å². The molecule has 0 spiro atoms. The molecule has 2 rings (SSSR count). The van der Waals surface area contributed by atoms with Crippen LogP contribution in [0.5, 0.6) is 0 Å². The summed E-state index contributed by atoms with van der Waals surface area (Å²) in [5.41, 5.74) is 7.05. The normalized spacial score (nSPS) is 10.1. The van der Waals surface area contributed by atoms with Gasteiger partial charge in [-0.25, -0.2) is 0 Å². The summed E-state index contributed by atoms with van der Waals surface area (Å²) in [6.07, 6.45) is 2.41. The number of anilines is 2. The first kappa shape index (κ1) is 12.8. The Hall–Kier alpha value is -2.63. The van der Waals surface area contributed by atoms with Crippen molar-refractivity contribution in [1.29, 1.82) is 0 Å². The minimum Gasteiger partial charge on any atom is -0.393 e. The monoisotopic (exact) mass is 258 g/mol. The van der Waals surface area contributed by atoms with Crippen LogP contribution < -0.4 is 11.1 Å². The highest BCUT2D eigenvalue weighted by atomic mass is 16.6. The highest BCUT2D eigenvalue weighted by Crippen LogP contribution is 2.30. The minimum atomic E-state index is -0.474. The Morgan fingerprint density at radius 2 is 2.11 bits per heavy atom. The summed E-state index contributed by atoms with van der Waals surface area (Å²) in [6.45, 7) is 0.557. The van der Waals surface area contributed by atoms with Crippen molar-refractivity contribution in [3.63, 3.8) is 0 Å².